The topological polar surface area (TPSA) is 71.4 Å². The second-order valence-electron chi connectivity index (χ2n) is 3.98. The molecule has 0 saturated carbocycles. The van der Waals surface area contributed by atoms with Crippen molar-refractivity contribution in [1.82, 2.24) is 0 Å². The van der Waals surface area contributed by atoms with E-state index in [9.17, 15) is 13.2 Å². The van der Waals surface area contributed by atoms with Crippen LogP contribution in [0.15, 0.2) is 35.2 Å². The summed E-state index contributed by atoms with van der Waals surface area (Å²) in [6.45, 7) is 1.90. The van der Waals surface area contributed by atoms with Gasteiger partial charge in [0.25, 0.3) is 0 Å². The fourth-order valence-electron chi connectivity index (χ4n) is 1.60. The van der Waals surface area contributed by atoms with E-state index in [1.54, 1.807) is 24.3 Å². The number of rotatable bonds is 5. The lowest BCUT2D eigenvalue weighted by Crippen LogP contribution is -1.98. The van der Waals surface area contributed by atoms with Crippen LogP contribution in [0.5, 0.6) is 0 Å². The van der Waals surface area contributed by atoms with Crippen molar-refractivity contribution >= 4 is 21.4 Å². The predicted molar refractivity (Wildman–Crippen MR) is 70.1 cm³/mol. The van der Waals surface area contributed by atoms with E-state index < -0.39 is 15.8 Å². The number of sulfone groups is 1. The monoisotopic (exact) mass is 268 g/mol. The van der Waals surface area contributed by atoms with E-state index in [0.29, 0.717) is 6.42 Å². The van der Waals surface area contributed by atoms with Crippen LogP contribution in [-0.2, 0) is 14.6 Å². The van der Waals surface area contributed by atoms with E-state index in [1.165, 1.54) is 6.07 Å². The van der Waals surface area contributed by atoms with E-state index >= 15 is 0 Å². The number of aliphatic carboxylic acids is 1. The van der Waals surface area contributed by atoms with Gasteiger partial charge in [-0.05, 0) is 29.7 Å². The Morgan fingerprint density at radius 1 is 1.39 bits per heavy atom. The Bertz CT molecular complexity index is 570. The average molecular weight is 268 g/mol. The lowest BCUT2D eigenvalue weighted by Gasteiger charge is -2.06. The Balaban J connectivity index is 3.15. The first kappa shape index (κ1) is 14.4. The molecule has 1 rings (SSSR count). The van der Waals surface area contributed by atoms with Crippen molar-refractivity contribution in [1.29, 1.82) is 0 Å². The molecule has 0 aliphatic heterocycles. The van der Waals surface area contributed by atoms with Gasteiger partial charge in [-0.15, -0.1) is 0 Å². The molecule has 1 N–H and O–H groups in total. The van der Waals surface area contributed by atoms with Crippen LogP contribution in [0, 0.1) is 0 Å². The van der Waals surface area contributed by atoms with Crippen LogP contribution in [0.3, 0.4) is 0 Å². The molecule has 0 saturated heterocycles. The van der Waals surface area contributed by atoms with Gasteiger partial charge in [0.15, 0.2) is 9.84 Å². The fourth-order valence-corrected chi connectivity index (χ4v) is 2.27. The molecular formula is C13H16O4S. The van der Waals surface area contributed by atoms with E-state index in [2.05, 4.69) is 0 Å². The summed E-state index contributed by atoms with van der Waals surface area (Å²) >= 11 is 0. The lowest BCUT2D eigenvalue weighted by atomic mass is 10.0. The molecule has 18 heavy (non-hydrogen) atoms. The molecule has 0 spiro atoms. The lowest BCUT2D eigenvalue weighted by molar-refractivity contribution is -0.135. The maximum atomic E-state index is 11.4. The van der Waals surface area contributed by atoms with Crippen LogP contribution < -0.4 is 0 Å². The van der Waals surface area contributed by atoms with E-state index in [0.717, 1.165) is 17.4 Å². The Morgan fingerprint density at radius 3 is 2.56 bits per heavy atom. The van der Waals surface area contributed by atoms with Gasteiger partial charge >= 0.3 is 5.97 Å². The normalized spacial score (nSPS) is 12.4. The first-order valence-electron chi connectivity index (χ1n) is 5.56. The molecule has 98 valence electrons. The summed E-state index contributed by atoms with van der Waals surface area (Å²) in [5.41, 5.74) is 1.59. The van der Waals surface area contributed by atoms with Crippen LogP contribution >= 0.6 is 0 Å². The number of hydrogen-bond acceptors (Lipinski definition) is 3. The van der Waals surface area contributed by atoms with Gasteiger partial charge in [-0.1, -0.05) is 25.1 Å². The highest BCUT2D eigenvalue weighted by Gasteiger charge is 2.09. The standard InChI is InChI=1S/C13H16O4S/c1-3-10(7-8-13(14)15)11-5-4-6-12(9-11)18(2,16)17/h4-7,9H,3,8H2,1-2H3,(H,14,15)/b10-7+. The highest BCUT2D eigenvalue weighted by molar-refractivity contribution is 7.90. The van der Waals surface area contributed by atoms with Crippen molar-refractivity contribution in [2.75, 3.05) is 6.26 Å². The van der Waals surface area contributed by atoms with Crippen LogP contribution in [0.4, 0.5) is 0 Å². The molecular weight excluding hydrogens is 252 g/mol. The summed E-state index contributed by atoms with van der Waals surface area (Å²) < 4.78 is 22.9. The summed E-state index contributed by atoms with van der Waals surface area (Å²) in [7, 11) is -3.24. The van der Waals surface area contributed by atoms with Crippen molar-refractivity contribution in [2.45, 2.75) is 24.7 Å². The molecule has 0 fully saturated rings. The molecule has 1 aromatic carbocycles. The zero-order chi connectivity index (χ0) is 13.8. The fraction of sp³-hybridized carbons (Fsp3) is 0.308. The Morgan fingerprint density at radius 2 is 2.06 bits per heavy atom. The van der Waals surface area contributed by atoms with Gasteiger partial charge in [0.1, 0.15) is 0 Å². The number of benzene rings is 1. The maximum Gasteiger partial charge on any atom is 0.307 e. The second-order valence-corrected chi connectivity index (χ2v) is 6.00. The molecule has 0 bridgehead atoms. The van der Waals surface area contributed by atoms with Crippen LogP contribution in [0.25, 0.3) is 5.57 Å². The van der Waals surface area contributed by atoms with Crippen molar-refractivity contribution in [3.8, 4) is 0 Å². The molecule has 0 unspecified atom stereocenters. The van der Waals surface area contributed by atoms with Gasteiger partial charge in [-0.3, -0.25) is 4.79 Å². The van der Waals surface area contributed by atoms with E-state index in [1.807, 2.05) is 6.92 Å². The number of carbonyl (C=O) groups is 1. The third-order valence-corrected chi connectivity index (χ3v) is 3.65. The van der Waals surface area contributed by atoms with Crippen molar-refractivity contribution in [3.05, 3.63) is 35.9 Å². The highest BCUT2D eigenvalue weighted by Crippen LogP contribution is 2.21. The summed E-state index contributed by atoms with van der Waals surface area (Å²) in [6, 6.07) is 6.55. The Kier molecular flexibility index (Phi) is 4.67. The summed E-state index contributed by atoms with van der Waals surface area (Å²) in [5.74, 6) is -0.903. The molecule has 0 heterocycles. The molecule has 5 heteroatoms. The number of allylic oxidation sites excluding steroid dienone is 1. The molecule has 0 aromatic heterocycles. The first-order valence-corrected chi connectivity index (χ1v) is 7.45. The van der Waals surface area contributed by atoms with E-state index in [-0.39, 0.29) is 11.3 Å². The van der Waals surface area contributed by atoms with Gasteiger partial charge in [0.05, 0.1) is 11.3 Å². The van der Waals surface area contributed by atoms with E-state index in [4.69, 9.17) is 5.11 Å². The van der Waals surface area contributed by atoms with Gasteiger partial charge in [0, 0.05) is 6.26 Å². The summed E-state index contributed by atoms with van der Waals surface area (Å²) in [5, 5.41) is 8.65. The molecule has 0 radical (unpaired) electrons. The maximum absolute atomic E-state index is 11.4. The zero-order valence-electron chi connectivity index (χ0n) is 10.4. The molecule has 1 aromatic rings. The third kappa shape index (κ3) is 4.00. The molecule has 4 nitrogen and oxygen atoms in total. The Labute approximate surface area is 107 Å². The van der Waals surface area contributed by atoms with Crippen molar-refractivity contribution < 1.29 is 18.3 Å². The van der Waals surface area contributed by atoms with Crippen LogP contribution in [-0.4, -0.2) is 25.7 Å². The second kappa shape index (κ2) is 5.82. The number of carboxylic acid groups (broad SMARTS) is 1. The first-order chi connectivity index (χ1) is 8.34. The number of carboxylic acids is 1. The predicted octanol–water partition coefficient (Wildman–Crippen LogP) is 2.36. The molecule has 0 aliphatic rings. The molecule has 0 atom stereocenters. The minimum atomic E-state index is -3.24. The van der Waals surface area contributed by atoms with Gasteiger partial charge < -0.3 is 5.11 Å². The Hall–Kier alpha value is -1.62. The van der Waals surface area contributed by atoms with Crippen molar-refractivity contribution in [3.63, 3.8) is 0 Å². The smallest absolute Gasteiger partial charge is 0.307 e. The minimum Gasteiger partial charge on any atom is -0.481 e. The third-order valence-electron chi connectivity index (χ3n) is 2.54. The zero-order valence-corrected chi connectivity index (χ0v) is 11.2. The minimum absolute atomic E-state index is 0.0632. The summed E-state index contributed by atoms with van der Waals surface area (Å²) in [4.78, 5) is 10.8. The van der Waals surface area contributed by atoms with Gasteiger partial charge in [-0.25, -0.2) is 8.42 Å². The average Bonchev–Trinajstić information content (AvgIpc) is 2.29. The van der Waals surface area contributed by atoms with Gasteiger partial charge in [-0.2, -0.15) is 0 Å². The SMILES string of the molecule is CC/C(=C\CC(=O)O)c1cccc(S(C)(=O)=O)c1. The van der Waals surface area contributed by atoms with Crippen LogP contribution in [0.2, 0.25) is 0 Å². The molecule has 0 aliphatic carbocycles. The van der Waals surface area contributed by atoms with Gasteiger partial charge in [0.2, 0.25) is 0 Å². The summed E-state index contributed by atoms with van der Waals surface area (Å²) in [6.07, 6.45) is 3.36. The largest absolute Gasteiger partial charge is 0.481 e. The van der Waals surface area contributed by atoms with Crippen molar-refractivity contribution in [2.24, 2.45) is 0 Å². The number of hydrogen-bond donors (Lipinski definition) is 1. The molecule has 0 amide bonds. The van der Waals surface area contributed by atoms with Crippen LogP contribution in [0.1, 0.15) is 25.3 Å². The highest BCUT2D eigenvalue weighted by atomic mass is 32.2. The quantitative estimate of drug-likeness (QED) is 0.889.